The van der Waals surface area contributed by atoms with Gasteiger partial charge < -0.3 is 36.0 Å². The van der Waals surface area contributed by atoms with Crippen molar-refractivity contribution < 1.29 is 47.2 Å². The molecule has 13 heteroatoms. The lowest BCUT2D eigenvalue weighted by atomic mass is 10.1. The molecule has 0 unspecified atom stereocenters. The molecule has 3 aromatic carbocycles. The maximum atomic E-state index is 13.2. The van der Waals surface area contributed by atoms with E-state index in [1.807, 2.05) is 42.5 Å². The minimum Gasteiger partial charge on any atom is -0.491 e. The highest BCUT2D eigenvalue weighted by atomic mass is 19.4. The number of benzene rings is 3. The molecule has 2 amide bonds. The van der Waals surface area contributed by atoms with E-state index in [9.17, 15) is 32.6 Å². The summed E-state index contributed by atoms with van der Waals surface area (Å²) in [6.45, 7) is 0.327. The van der Waals surface area contributed by atoms with Crippen LogP contribution in [-0.2, 0) is 11.2 Å². The highest BCUT2D eigenvalue weighted by Crippen LogP contribution is 2.14. The number of hydrogen-bond donors (Lipinski definition) is 6. The normalized spacial score (nSPS) is 12.3. The fourth-order valence-electron chi connectivity index (χ4n) is 3.14. The zero-order valence-corrected chi connectivity index (χ0v) is 21.1. The summed E-state index contributed by atoms with van der Waals surface area (Å²) in [5.74, 6) is -2.50. The van der Waals surface area contributed by atoms with Gasteiger partial charge in [-0.25, -0.2) is 14.0 Å². The third-order valence-corrected chi connectivity index (χ3v) is 5.07. The van der Waals surface area contributed by atoms with E-state index in [0.717, 1.165) is 5.56 Å². The number of amides is 2. The standard InChI is InChI=1S/C25H28FN3O4.C2HF3O2/c26-19-5-4-6-21(14-19)29-25(32)28-20-11-9-18(10-12-20)13-22(16-30)27-15-23(31)17-33-24-7-2-1-3-8-24;3-2(4,5)1(6)7/h1-12,14,22-23,27,30-31H,13,15-17H2,(H2,28,29,32);(H,6,7)/t22-,23-;/m0./s1. The molecule has 0 radical (unpaired) electrons. The van der Waals surface area contributed by atoms with Crippen LogP contribution >= 0.6 is 0 Å². The first-order valence-corrected chi connectivity index (χ1v) is 11.9. The Morgan fingerprint density at radius 2 is 1.52 bits per heavy atom. The number of aliphatic hydroxyl groups excluding tert-OH is 2. The first-order valence-electron chi connectivity index (χ1n) is 11.9. The first-order chi connectivity index (χ1) is 19.0. The van der Waals surface area contributed by atoms with Gasteiger partial charge in [-0.2, -0.15) is 13.2 Å². The number of para-hydroxylation sites is 1. The van der Waals surface area contributed by atoms with E-state index in [4.69, 9.17) is 14.6 Å². The number of carboxylic acids is 1. The topological polar surface area (TPSA) is 140 Å². The number of alkyl halides is 3. The summed E-state index contributed by atoms with van der Waals surface area (Å²) < 4.78 is 50.5. The van der Waals surface area contributed by atoms with E-state index >= 15 is 0 Å². The van der Waals surface area contributed by atoms with Gasteiger partial charge >= 0.3 is 18.2 Å². The van der Waals surface area contributed by atoms with Crippen LogP contribution in [0.3, 0.4) is 0 Å². The number of aliphatic hydroxyl groups is 2. The zero-order valence-electron chi connectivity index (χ0n) is 21.1. The Labute approximate surface area is 227 Å². The van der Waals surface area contributed by atoms with Crippen LogP contribution in [0.25, 0.3) is 0 Å². The molecule has 3 aromatic rings. The van der Waals surface area contributed by atoms with Gasteiger partial charge in [-0.05, 0) is 54.4 Å². The van der Waals surface area contributed by atoms with E-state index in [1.54, 1.807) is 18.2 Å². The van der Waals surface area contributed by atoms with Gasteiger partial charge in [0.25, 0.3) is 0 Å². The number of hydrogen-bond acceptors (Lipinski definition) is 6. The quantitative estimate of drug-likeness (QED) is 0.192. The molecule has 216 valence electrons. The molecule has 0 spiro atoms. The Kier molecular flexibility index (Phi) is 12.8. The summed E-state index contributed by atoms with van der Waals surface area (Å²) >= 11 is 0. The summed E-state index contributed by atoms with van der Waals surface area (Å²) in [6, 6.07) is 21.4. The SMILES string of the molecule is O=C(Nc1ccc(C[C@@H](CO)NC[C@H](O)COc2ccccc2)cc1)Nc1cccc(F)c1.O=C(O)C(F)(F)F. The molecule has 0 aliphatic heterocycles. The first kappa shape index (κ1) is 32.0. The van der Waals surface area contributed by atoms with Gasteiger partial charge in [0.05, 0.1) is 6.61 Å². The molecule has 40 heavy (non-hydrogen) atoms. The van der Waals surface area contributed by atoms with Gasteiger partial charge in [0, 0.05) is 24.0 Å². The van der Waals surface area contributed by atoms with Crippen molar-refractivity contribution in [2.75, 3.05) is 30.4 Å². The summed E-state index contributed by atoms with van der Waals surface area (Å²) in [4.78, 5) is 21.0. The Hall–Kier alpha value is -4.20. The van der Waals surface area contributed by atoms with Crippen LogP contribution in [0.2, 0.25) is 0 Å². The Bertz CT molecular complexity index is 1200. The predicted octanol–water partition coefficient (Wildman–Crippen LogP) is 4.04. The molecule has 0 saturated heterocycles. The minimum absolute atomic E-state index is 0.0949. The van der Waals surface area contributed by atoms with Gasteiger partial charge in [0.2, 0.25) is 0 Å². The molecule has 0 bridgehead atoms. The zero-order chi connectivity index (χ0) is 29.5. The van der Waals surface area contributed by atoms with E-state index < -0.39 is 30.1 Å². The maximum absolute atomic E-state index is 13.2. The van der Waals surface area contributed by atoms with E-state index in [2.05, 4.69) is 16.0 Å². The maximum Gasteiger partial charge on any atom is 0.490 e. The number of nitrogens with one attached hydrogen (secondary N) is 3. The van der Waals surface area contributed by atoms with Crippen LogP contribution in [0.4, 0.5) is 33.7 Å². The second-order valence-electron chi connectivity index (χ2n) is 8.36. The predicted molar refractivity (Wildman–Crippen MR) is 140 cm³/mol. The molecular formula is C27H29F4N3O6. The van der Waals surface area contributed by atoms with Crippen LogP contribution in [0.1, 0.15) is 5.56 Å². The van der Waals surface area contributed by atoms with Crippen molar-refractivity contribution >= 4 is 23.4 Å². The van der Waals surface area contributed by atoms with Crippen LogP contribution < -0.4 is 20.7 Å². The number of carbonyl (C=O) groups is 2. The highest BCUT2D eigenvalue weighted by Gasteiger charge is 2.38. The lowest BCUT2D eigenvalue weighted by molar-refractivity contribution is -0.192. The van der Waals surface area contributed by atoms with Crippen molar-refractivity contribution in [2.24, 2.45) is 0 Å². The van der Waals surface area contributed by atoms with E-state index in [0.29, 0.717) is 23.5 Å². The average Bonchev–Trinajstić information content (AvgIpc) is 2.91. The van der Waals surface area contributed by atoms with Gasteiger partial charge in [-0.1, -0.05) is 36.4 Å². The molecule has 0 saturated carbocycles. The summed E-state index contributed by atoms with van der Waals surface area (Å²) in [7, 11) is 0. The fraction of sp³-hybridized carbons (Fsp3) is 0.259. The lowest BCUT2D eigenvalue weighted by Crippen LogP contribution is -2.41. The van der Waals surface area contributed by atoms with Crippen molar-refractivity contribution in [1.29, 1.82) is 0 Å². The molecule has 0 heterocycles. The van der Waals surface area contributed by atoms with E-state index in [1.165, 1.54) is 18.2 Å². The number of aliphatic carboxylic acids is 1. The van der Waals surface area contributed by atoms with Crippen LogP contribution in [-0.4, -0.2) is 65.4 Å². The van der Waals surface area contributed by atoms with Crippen LogP contribution in [0.5, 0.6) is 5.75 Å². The van der Waals surface area contributed by atoms with Gasteiger partial charge in [-0.15, -0.1) is 0 Å². The van der Waals surface area contributed by atoms with Crippen molar-refractivity contribution in [3.63, 3.8) is 0 Å². The largest absolute Gasteiger partial charge is 0.491 e. The number of anilines is 2. The van der Waals surface area contributed by atoms with Gasteiger partial charge in [-0.3, -0.25) is 0 Å². The van der Waals surface area contributed by atoms with Crippen molar-refractivity contribution in [2.45, 2.75) is 24.7 Å². The number of ether oxygens (including phenoxy) is 1. The Balaban J connectivity index is 0.000000708. The molecule has 0 aromatic heterocycles. The number of urea groups is 1. The molecule has 0 fully saturated rings. The van der Waals surface area contributed by atoms with Crippen molar-refractivity contribution in [3.8, 4) is 5.75 Å². The number of carbonyl (C=O) groups excluding carboxylic acids is 1. The molecule has 2 atom stereocenters. The van der Waals surface area contributed by atoms with Crippen LogP contribution in [0.15, 0.2) is 78.9 Å². The fourth-order valence-corrected chi connectivity index (χ4v) is 3.14. The van der Waals surface area contributed by atoms with Crippen molar-refractivity contribution in [3.05, 3.63) is 90.2 Å². The second-order valence-corrected chi connectivity index (χ2v) is 8.36. The lowest BCUT2D eigenvalue weighted by Gasteiger charge is -2.19. The van der Waals surface area contributed by atoms with Gasteiger partial charge in [0.1, 0.15) is 24.3 Å². The number of carboxylic acid groups (broad SMARTS) is 1. The smallest absolute Gasteiger partial charge is 0.490 e. The number of halogens is 4. The van der Waals surface area contributed by atoms with Crippen molar-refractivity contribution in [1.82, 2.24) is 5.32 Å². The monoisotopic (exact) mass is 567 g/mol. The van der Waals surface area contributed by atoms with Crippen LogP contribution in [0, 0.1) is 5.82 Å². The molecule has 0 aliphatic carbocycles. The summed E-state index contributed by atoms with van der Waals surface area (Å²) in [6.07, 6.45) is -5.26. The molecule has 6 N–H and O–H groups in total. The highest BCUT2D eigenvalue weighted by molar-refractivity contribution is 5.99. The molecular weight excluding hydrogens is 538 g/mol. The molecule has 9 nitrogen and oxygen atoms in total. The third kappa shape index (κ3) is 12.6. The summed E-state index contributed by atoms with van der Waals surface area (Å²) in [5, 5.41) is 35.3. The Morgan fingerprint density at radius 1 is 0.900 bits per heavy atom. The summed E-state index contributed by atoms with van der Waals surface area (Å²) in [5.41, 5.74) is 1.89. The third-order valence-electron chi connectivity index (χ3n) is 5.07. The number of rotatable bonds is 11. The minimum atomic E-state index is -5.08. The van der Waals surface area contributed by atoms with Gasteiger partial charge in [0.15, 0.2) is 0 Å². The van der Waals surface area contributed by atoms with E-state index in [-0.39, 0.29) is 25.8 Å². The second kappa shape index (κ2) is 16.0. The molecule has 3 rings (SSSR count). The Morgan fingerprint density at radius 3 is 2.10 bits per heavy atom. The molecule has 0 aliphatic rings. The average molecular weight is 568 g/mol.